The molecule has 60 valence electrons. The van der Waals surface area contributed by atoms with Gasteiger partial charge < -0.3 is 10.6 Å². The van der Waals surface area contributed by atoms with Crippen molar-refractivity contribution in [2.24, 2.45) is 17.6 Å². The topological polar surface area (TPSA) is 29.3 Å². The van der Waals surface area contributed by atoms with Gasteiger partial charge in [0.05, 0.1) is 0 Å². The molecule has 2 N–H and O–H groups in total. The summed E-state index contributed by atoms with van der Waals surface area (Å²) in [5.74, 6) is 1.58. The summed E-state index contributed by atoms with van der Waals surface area (Å²) < 4.78 is 0. The van der Waals surface area contributed by atoms with E-state index in [0.29, 0.717) is 0 Å². The zero-order valence-electron chi connectivity index (χ0n) is 7.01. The molecule has 1 heterocycles. The molecule has 2 atom stereocenters. The lowest BCUT2D eigenvalue weighted by Crippen LogP contribution is -2.39. The minimum absolute atomic E-state index is 0.744. The van der Waals surface area contributed by atoms with Crippen molar-refractivity contribution in [3.8, 4) is 0 Å². The number of nitrogens with zero attached hydrogens (tertiary/aromatic N) is 1. The highest BCUT2D eigenvalue weighted by atomic mass is 15.1. The van der Waals surface area contributed by atoms with Crippen LogP contribution in [0.1, 0.15) is 13.3 Å². The van der Waals surface area contributed by atoms with Crippen molar-refractivity contribution in [2.45, 2.75) is 13.3 Å². The maximum Gasteiger partial charge on any atom is 0.00189 e. The molecule has 2 heteroatoms. The lowest BCUT2D eigenvalue weighted by Gasteiger charge is -2.33. The van der Waals surface area contributed by atoms with E-state index in [1.54, 1.807) is 0 Å². The fraction of sp³-hybridized carbons (Fsp3) is 1.00. The van der Waals surface area contributed by atoms with Crippen molar-refractivity contribution < 1.29 is 0 Å². The molecule has 0 aromatic rings. The number of nitrogens with two attached hydrogens (primary N) is 1. The summed E-state index contributed by atoms with van der Waals surface area (Å²) in [6.07, 6.45) is 1.32. The predicted octanol–water partition coefficient (Wildman–Crippen LogP) is 0.533. The molecule has 0 saturated carbocycles. The summed E-state index contributed by atoms with van der Waals surface area (Å²) >= 11 is 0. The SMILES string of the molecule is CC1CC(CN)CN(C)C1. The zero-order chi connectivity index (χ0) is 7.56. The Hall–Kier alpha value is -0.0800. The van der Waals surface area contributed by atoms with Crippen LogP contribution in [0.3, 0.4) is 0 Å². The van der Waals surface area contributed by atoms with Crippen LogP contribution in [0.2, 0.25) is 0 Å². The fourth-order valence-corrected chi connectivity index (χ4v) is 1.94. The average molecular weight is 142 g/mol. The largest absolute Gasteiger partial charge is 0.330 e. The third-order valence-corrected chi connectivity index (χ3v) is 2.26. The fourth-order valence-electron chi connectivity index (χ4n) is 1.94. The second kappa shape index (κ2) is 3.35. The minimum Gasteiger partial charge on any atom is -0.330 e. The van der Waals surface area contributed by atoms with E-state index in [1.807, 2.05) is 0 Å². The smallest absolute Gasteiger partial charge is 0.00189 e. The Bertz CT molecular complexity index is 93.4. The van der Waals surface area contributed by atoms with Crippen LogP contribution in [0.15, 0.2) is 0 Å². The van der Waals surface area contributed by atoms with E-state index in [1.165, 1.54) is 19.5 Å². The second-order valence-electron chi connectivity index (χ2n) is 3.66. The van der Waals surface area contributed by atoms with Gasteiger partial charge in [-0.25, -0.2) is 0 Å². The van der Waals surface area contributed by atoms with Gasteiger partial charge in [-0.15, -0.1) is 0 Å². The van der Waals surface area contributed by atoms with Gasteiger partial charge in [-0.3, -0.25) is 0 Å². The van der Waals surface area contributed by atoms with Crippen molar-refractivity contribution >= 4 is 0 Å². The van der Waals surface area contributed by atoms with Gasteiger partial charge in [-0.2, -0.15) is 0 Å². The molecular formula is C8H18N2. The molecule has 0 radical (unpaired) electrons. The standard InChI is InChI=1S/C8H18N2/c1-7-3-8(4-9)6-10(2)5-7/h7-8H,3-6,9H2,1-2H3. The first-order chi connectivity index (χ1) is 4.72. The Morgan fingerprint density at radius 3 is 2.70 bits per heavy atom. The Morgan fingerprint density at radius 2 is 2.20 bits per heavy atom. The van der Waals surface area contributed by atoms with Gasteiger partial charge in [0.15, 0.2) is 0 Å². The van der Waals surface area contributed by atoms with Gasteiger partial charge in [0.2, 0.25) is 0 Å². The van der Waals surface area contributed by atoms with Crippen molar-refractivity contribution in [2.75, 3.05) is 26.7 Å². The molecule has 1 rings (SSSR count). The lowest BCUT2D eigenvalue weighted by molar-refractivity contribution is 0.165. The van der Waals surface area contributed by atoms with E-state index >= 15 is 0 Å². The molecule has 0 spiro atoms. The van der Waals surface area contributed by atoms with E-state index < -0.39 is 0 Å². The molecule has 0 amide bonds. The summed E-state index contributed by atoms with van der Waals surface area (Å²) in [5.41, 5.74) is 5.60. The maximum absolute atomic E-state index is 5.60. The third kappa shape index (κ3) is 1.96. The summed E-state index contributed by atoms with van der Waals surface area (Å²) in [6, 6.07) is 0. The number of piperidine rings is 1. The molecule has 0 bridgehead atoms. The molecule has 0 aromatic heterocycles. The van der Waals surface area contributed by atoms with Gasteiger partial charge >= 0.3 is 0 Å². The molecule has 0 aliphatic carbocycles. The average Bonchev–Trinajstić information content (AvgIpc) is 1.85. The number of likely N-dealkylation sites (tertiary alicyclic amines) is 1. The van der Waals surface area contributed by atoms with Gasteiger partial charge in [0, 0.05) is 13.1 Å². The molecule has 1 saturated heterocycles. The Morgan fingerprint density at radius 1 is 1.50 bits per heavy atom. The summed E-state index contributed by atoms with van der Waals surface area (Å²) in [7, 11) is 2.18. The van der Waals surface area contributed by atoms with Gasteiger partial charge in [-0.05, 0) is 31.8 Å². The molecular weight excluding hydrogens is 124 g/mol. The van der Waals surface area contributed by atoms with Crippen LogP contribution >= 0.6 is 0 Å². The van der Waals surface area contributed by atoms with Crippen molar-refractivity contribution in [3.05, 3.63) is 0 Å². The van der Waals surface area contributed by atoms with E-state index in [0.717, 1.165) is 18.4 Å². The van der Waals surface area contributed by atoms with Crippen LogP contribution in [0.4, 0.5) is 0 Å². The van der Waals surface area contributed by atoms with Crippen LogP contribution in [0.5, 0.6) is 0 Å². The molecule has 1 aliphatic heterocycles. The normalized spacial score (nSPS) is 36.3. The van der Waals surface area contributed by atoms with Crippen LogP contribution in [-0.2, 0) is 0 Å². The van der Waals surface area contributed by atoms with E-state index in [-0.39, 0.29) is 0 Å². The highest BCUT2D eigenvalue weighted by Gasteiger charge is 2.20. The lowest BCUT2D eigenvalue weighted by atomic mass is 9.91. The van der Waals surface area contributed by atoms with Crippen molar-refractivity contribution in [1.29, 1.82) is 0 Å². The Kier molecular flexibility index (Phi) is 2.69. The number of rotatable bonds is 1. The van der Waals surface area contributed by atoms with E-state index in [4.69, 9.17) is 5.73 Å². The molecule has 10 heavy (non-hydrogen) atoms. The maximum atomic E-state index is 5.60. The molecule has 2 nitrogen and oxygen atoms in total. The highest BCUT2D eigenvalue weighted by molar-refractivity contribution is 4.75. The van der Waals surface area contributed by atoms with Gasteiger partial charge in [0.25, 0.3) is 0 Å². The first-order valence-corrected chi connectivity index (χ1v) is 4.11. The summed E-state index contributed by atoms with van der Waals surface area (Å²) in [5, 5.41) is 0. The Labute approximate surface area is 63.4 Å². The summed E-state index contributed by atoms with van der Waals surface area (Å²) in [6.45, 7) is 5.60. The molecule has 0 aromatic carbocycles. The quantitative estimate of drug-likeness (QED) is 0.579. The Balaban J connectivity index is 2.35. The van der Waals surface area contributed by atoms with Crippen molar-refractivity contribution in [1.82, 2.24) is 4.90 Å². The molecule has 1 fully saturated rings. The van der Waals surface area contributed by atoms with Crippen LogP contribution < -0.4 is 5.73 Å². The van der Waals surface area contributed by atoms with Gasteiger partial charge in [-0.1, -0.05) is 6.92 Å². The van der Waals surface area contributed by atoms with Crippen molar-refractivity contribution in [3.63, 3.8) is 0 Å². The monoisotopic (exact) mass is 142 g/mol. The summed E-state index contributed by atoms with van der Waals surface area (Å²) in [4.78, 5) is 2.38. The van der Waals surface area contributed by atoms with E-state index in [2.05, 4.69) is 18.9 Å². The first-order valence-electron chi connectivity index (χ1n) is 4.11. The molecule has 2 unspecified atom stereocenters. The van der Waals surface area contributed by atoms with Crippen LogP contribution in [0.25, 0.3) is 0 Å². The zero-order valence-corrected chi connectivity index (χ0v) is 7.01. The number of hydrogen-bond donors (Lipinski definition) is 1. The predicted molar refractivity (Wildman–Crippen MR) is 43.8 cm³/mol. The van der Waals surface area contributed by atoms with Crippen LogP contribution in [0, 0.1) is 11.8 Å². The molecule has 1 aliphatic rings. The van der Waals surface area contributed by atoms with Crippen LogP contribution in [-0.4, -0.2) is 31.6 Å². The second-order valence-corrected chi connectivity index (χ2v) is 3.66. The highest BCUT2D eigenvalue weighted by Crippen LogP contribution is 2.18. The van der Waals surface area contributed by atoms with E-state index in [9.17, 15) is 0 Å². The number of hydrogen-bond acceptors (Lipinski definition) is 2. The first kappa shape index (κ1) is 8.02. The third-order valence-electron chi connectivity index (χ3n) is 2.26. The van der Waals surface area contributed by atoms with Gasteiger partial charge in [0.1, 0.15) is 0 Å². The minimum atomic E-state index is 0.744.